The Morgan fingerprint density at radius 1 is 1.35 bits per heavy atom. The number of hydrogen-bond donors (Lipinski definition) is 2. The third-order valence-corrected chi connectivity index (χ3v) is 3.87. The first kappa shape index (κ1) is 15.5. The molecule has 2 saturated heterocycles. The van der Waals surface area contributed by atoms with Gasteiger partial charge in [0.25, 0.3) is 0 Å². The van der Waals surface area contributed by atoms with Crippen LogP contribution >= 0.6 is 0 Å². The molecule has 0 aromatic rings. The molecule has 0 aromatic carbocycles. The lowest BCUT2D eigenvalue weighted by Gasteiger charge is -2.48. The molecular formula is C14H27N3O3. The summed E-state index contributed by atoms with van der Waals surface area (Å²) in [4.78, 5) is 16.3. The van der Waals surface area contributed by atoms with Crippen molar-refractivity contribution in [3.63, 3.8) is 0 Å². The minimum atomic E-state index is -0.460. The molecule has 2 rings (SSSR count). The Balaban J connectivity index is 1.93. The zero-order chi connectivity index (χ0) is 14.8. The van der Waals surface area contributed by atoms with Crippen LogP contribution in [0.3, 0.4) is 0 Å². The minimum Gasteiger partial charge on any atom is -0.444 e. The van der Waals surface area contributed by atoms with Gasteiger partial charge in [-0.25, -0.2) is 4.79 Å². The lowest BCUT2D eigenvalue weighted by molar-refractivity contribution is -0.0154. The van der Waals surface area contributed by atoms with Gasteiger partial charge in [0.15, 0.2) is 0 Å². The van der Waals surface area contributed by atoms with Gasteiger partial charge in [-0.05, 0) is 27.2 Å². The Hall–Kier alpha value is -0.850. The Morgan fingerprint density at radius 2 is 2.05 bits per heavy atom. The third-order valence-electron chi connectivity index (χ3n) is 3.87. The summed E-state index contributed by atoms with van der Waals surface area (Å²) < 4.78 is 5.43. The standard InChI is InChI=1S/C14H27N3O3/c1-14(2,3)20-13(19)16-5-6-17(12-8-15-9-12)11(10-16)4-7-18/h11-12,15,18H,4-10H2,1-3H3. The molecule has 2 aliphatic rings. The highest BCUT2D eigenvalue weighted by Crippen LogP contribution is 2.20. The van der Waals surface area contributed by atoms with Crippen LogP contribution in [0.15, 0.2) is 0 Å². The Bertz CT molecular complexity index is 339. The fraction of sp³-hybridized carbons (Fsp3) is 0.929. The monoisotopic (exact) mass is 285 g/mol. The van der Waals surface area contributed by atoms with Crippen molar-refractivity contribution in [2.24, 2.45) is 0 Å². The first-order valence-corrected chi connectivity index (χ1v) is 7.46. The van der Waals surface area contributed by atoms with E-state index in [1.165, 1.54) is 0 Å². The van der Waals surface area contributed by atoms with E-state index in [0.29, 0.717) is 25.6 Å². The molecule has 116 valence electrons. The Labute approximate surface area is 121 Å². The molecule has 0 radical (unpaired) electrons. The van der Waals surface area contributed by atoms with E-state index < -0.39 is 5.60 Å². The molecule has 1 atom stereocenters. The molecule has 2 heterocycles. The maximum atomic E-state index is 12.1. The van der Waals surface area contributed by atoms with Gasteiger partial charge in [-0.1, -0.05) is 0 Å². The number of ether oxygens (including phenoxy) is 1. The van der Waals surface area contributed by atoms with Gasteiger partial charge >= 0.3 is 6.09 Å². The number of carbonyl (C=O) groups is 1. The van der Waals surface area contributed by atoms with Gasteiger partial charge in [0.2, 0.25) is 0 Å². The van der Waals surface area contributed by atoms with Gasteiger partial charge in [0.1, 0.15) is 5.60 Å². The first-order chi connectivity index (χ1) is 9.40. The van der Waals surface area contributed by atoms with Crippen LogP contribution in [-0.4, -0.2) is 78.0 Å². The summed E-state index contributed by atoms with van der Waals surface area (Å²) in [6, 6.07) is 0.778. The minimum absolute atomic E-state index is 0.156. The van der Waals surface area contributed by atoms with Crippen LogP contribution in [0.25, 0.3) is 0 Å². The lowest BCUT2D eigenvalue weighted by Crippen LogP contribution is -2.66. The molecule has 1 amide bonds. The van der Waals surface area contributed by atoms with Gasteiger partial charge in [0.05, 0.1) is 0 Å². The molecule has 0 spiro atoms. The van der Waals surface area contributed by atoms with Crippen LogP contribution in [0.2, 0.25) is 0 Å². The predicted octanol–water partition coefficient (Wildman–Crippen LogP) is 0.262. The number of carbonyl (C=O) groups excluding carboxylic acids is 1. The highest BCUT2D eigenvalue weighted by molar-refractivity contribution is 5.68. The topological polar surface area (TPSA) is 65.0 Å². The van der Waals surface area contributed by atoms with E-state index in [1.807, 2.05) is 20.8 Å². The van der Waals surface area contributed by atoms with E-state index in [-0.39, 0.29) is 18.7 Å². The fourth-order valence-electron chi connectivity index (χ4n) is 2.76. The van der Waals surface area contributed by atoms with Crippen molar-refractivity contribution in [2.75, 3.05) is 39.3 Å². The number of aliphatic hydroxyl groups is 1. The van der Waals surface area contributed by atoms with Crippen molar-refractivity contribution in [3.05, 3.63) is 0 Å². The zero-order valence-electron chi connectivity index (χ0n) is 12.8. The van der Waals surface area contributed by atoms with Crippen molar-refractivity contribution in [1.82, 2.24) is 15.1 Å². The molecule has 0 aromatic heterocycles. The summed E-state index contributed by atoms with van der Waals surface area (Å²) in [5.41, 5.74) is -0.460. The number of piperazine rings is 1. The number of nitrogens with one attached hydrogen (secondary N) is 1. The number of rotatable bonds is 3. The van der Waals surface area contributed by atoms with E-state index in [0.717, 1.165) is 19.6 Å². The summed E-state index contributed by atoms with van der Waals surface area (Å²) in [7, 11) is 0. The molecule has 6 heteroatoms. The van der Waals surface area contributed by atoms with E-state index in [2.05, 4.69) is 10.2 Å². The zero-order valence-corrected chi connectivity index (χ0v) is 12.8. The maximum absolute atomic E-state index is 12.1. The highest BCUT2D eigenvalue weighted by atomic mass is 16.6. The second-order valence-electron chi connectivity index (χ2n) is 6.64. The second-order valence-corrected chi connectivity index (χ2v) is 6.64. The Kier molecular flexibility index (Phi) is 4.88. The van der Waals surface area contributed by atoms with E-state index in [9.17, 15) is 9.90 Å². The largest absolute Gasteiger partial charge is 0.444 e. The Morgan fingerprint density at radius 3 is 2.55 bits per heavy atom. The van der Waals surface area contributed by atoms with Crippen molar-refractivity contribution in [3.8, 4) is 0 Å². The van der Waals surface area contributed by atoms with Crippen LogP contribution in [0, 0.1) is 0 Å². The first-order valence-electron chi connectivity index (χ1n) is 7.46. The van der Waals surface area contributed by atoms with E-state index in [1.54, 1.807) is 4.90 Å². The summed E-state index contributed by atoms with van der Waals surface area (Å²) >= 11 is 0. The van der Waals surface area contributed by atoms with Crippen LogP contribution in [-0.2, 0) is 4.74 Å². The van der Waals surface area contributed by atoms with Crippen molar-refractivity contribution in [1.29, 1.82) is 0 Å². The molecule has 0 bridgehead atoms. The van der Waals surface area contributed by atoms with E-state index in [4.69, 9.17) is 4.74 Å². The van der Waals surface area contributed by atoms with Crippen LogP contribution in [0.4, 0.5) is 4.79 Å². The molecule has 2 aliphatic heterocycles. The summed E-state index contributed by atoms with van der Waals surface area (Å²) in [5, 5.41) is 12.5. The highest BCUT2D eigenvalue weighted by Gasteiger charge is 2.36. The van der Waals surface area contributed by atoms with Gasteiger partial charge in [-0.3, -0.25) is 4.90 Å². The second kappa shape index (κ2) is 6.28. The van der Waals surface area contributed by atoms with E-state index >= 15 is 0 Å². The number of nitrogens with zero attached hydrogens (tertiary/aromatic N) is 2. The lowest BCUT2D eigenvalue weighted by atomic mass is 10.0. The normalized spacial score (nSPS) is 25.4. The van der Waals surface area contributed by atoms with Gasteiger partial charge in [-0.15, -0.1) is 0 Å². The number of aliphatic hydroxyl groups excluding tert-OH is 1. The molecule has 2 fully saturated rings. The van der Waals surface area contributed by atoms with Crippen molar-refractivity contribution < 1.29 is 14.6 Å². The average Bonchev–Trinajstić information content (AvgIpc) is 2.27. The number of hydrogen-bond acceptors (Lipinski definition) is 5. The van der Waals surface area contributed by atoms with Crippen molar-refractivity contribution in [2.45, 2.75) is 44.9 Å². The molecule has 1 unspecified atom stereocenters. The number of amides is 1. The smallest absolute Gasteiger partial charge is 0.410 e. The predicted molar refractivity (Wildman–Crippen MR) is 76.7 cm³/mol. The molecule has 0 aliphatic carbocycles. The van der Waals surface area contributed by atoms with Crippen LogP contribution in [0.1, 0.15) is 27.2 Å². The molecule has 20 heavy (non-hydrogen) atoms. The quantitative estimate of drug-likeness (QED) is 0.779. The van der Waals surface area contributed by atoms with Crippen LogP contribution < -0.4 is 5.32 Å². The SMILES string of the molecule is CC(C)(C)OC(=O)N1CCN(C2CNC2)C(CCO)C1. The molecule has 0 saturated carbocycles. The molecule has 6 nitrogen and oxygen atoms in total. The van der Waals surface area contributed by atoms with Gasteiger partial charge < -0.3 is 20.1 Å². The third kappa shape index (κ3) is 3.84. The maximum Gasteiger partial charge on any atom is 0.410 e. The summed E-state index contributed by atoms with van der Waals surface area (Å²) in [5.74, 6) is 0. The van der Waals surface area contributed by atoms with Crippen LogP contribution in [0.5, 0.6) is 0 Å². The summed E-state index contributed by atoms with van der Waals surface area (Å²) in [6.45, 7) is 10.0. The fourth-order valence-corrected chi connectivity index (χ4v) is 2.76. The average molecular weight is 285 g/mol. The molecule has 2 N–H and O–H groups in total. The molecular weight excluding hydrogens is 258 g/mol. The van der Waals surface area contributed by atoms with Crippen molar-refractivity contribution >= 4 is 6.09 Å². The van der Waals surface area contributed by atoms with Gasteiger partial charge in [-0.2, -0.15) is 0 Å². The van der Waals surface area contributed by atoms with Gasteiger partial charge in [0, 0.05) is 51.4 Å². The summed E-state index contributed by atoms with van der Waals surface area (Å²) in [6.07, 6.45) is 0.460.